The van der Waals surface area contributed by atoms with Crippen LogP contribution in [-0.4, -0.2) is 68.9 Å². The Morgan fingerprint density at radius 2 is 0.896 bits per heavy atom. The summed E-state index contributed by atoms with van der Waals surface area (Å²) in [4.78, 5) is 26.0. The minimum Gasteiger partial charge on any atom is -0.272 e. The lowest BCUT2D eigenvalue weighted by Gasteiger charge is -2.43. The maximum Gasteiger partial charge on any atom is 0.460 e. The Labute approximate surface area is 259 Å². The number of amides is 2. The van der Waals surface area contributed by atoms with Gasteiger partial charge in [0.25, 0.3) is 11.8 Å². The normalized spacial score (nSPS) is 36.7. The minimum absolute atomic E-state index is 0.0561. The molecule has 11 atom stereocenters. The average molecular weight is 757 g/mol. The van der Waals surface area contributed by atoms with Crippen molar-refractivity contribution in [2.45, 2.75) is 74.5 Å². The van der Waals surface area contributed by atoms with Gasteiger partial charge < -0.3 is 0 Å². The van der Waals surface area contributed by atoms with E-state index in [1.165, 1.54) is 0 Å². The summed E-state index contributed by atoms with van der Waals surface area (Å²) in [6.07, 6.45) is -14.2. The van der Waals surface area contributed by atoms with Crippen LogP contribution < -0.4 is 0 Å². The van der Waals surface area contributed by atoms with Crippen LogP contribution >= 0.6 is 0 Å². The summed E-state index contributed by atoms with van der Waals surface area (Å²) < 4.78 is 247. The van der Waals surface area contributed by atoms with E-state index in [0.717, 1.165) is 6.42 Å². The van der Waals surface area contributed by atoms with Crippen LogP contribution in [0, 0.1) is 59.2 Å². The van der Waals surface area contributed by atoms with Crippen molar-refractivity contribution in [2.24, 2.45) is 59.2 Å². The van der Waals surface area contributed by atoms with E-state index in [1.807, 2.05) is 13.8 Å². The van der Waals surface area contributed by atoms with Gasteiger partial charge in [0.2, 0.25) is 0 Å². The van der Waals surface area contributed by atoms with E-state index in [-0.39, 0.29) is 35.5 Å². The molecular formula is C24H20F17NO5S. The Balaban J connectivity index is 1.34. The number of hydroxylamine groups is 2. The number of hydrogen-bond acceptors (Lipinski definition) is 5. The molecule has 5 rings (SSSR count). The molecule has 4 saturated carbocycles. The molecule has 5 fully saturated rings. The van der Waals surface area contributed by atoms with Crippen LogP contribution in [-0.2, 0) is 29.4 Å². The smallest absolute Gasteiger partial charge is 0.272 e. The Morgan fingerprint density at radius 1 is 0.562 bits per heavy atom. The predicted octanol–water partition coefficient (Wildman–Crippen LogP) is 6.89. The van der Waals surface area contributed by atoms with Crippen LogP contribution in [0.2, 0.25) is 0 Å². The first-order chi connectivity index (χ1) is 21.3. The van der Waals surface area contributed by atoms with Gasteiger partial charge in [-0.1, -0.05) is 13.8 Å². The Kier molecular flexibility index (Phi) is 8.00. The van der Waals surface area contributed by atoms with E-state index in [2.05, 4.69) is 8.47 Å². The zero-order valence-corrected chi connectivity index (χ0v) is 24.3. The van der Waals surface area contributed by atoms with Crippen molar-refractivity contribution in [1.29, 1.82) is 0 Å². The molecule has 4 bridgehead atoms. The van der Waals surface area contributed by atoms with Gasteiger partial charge in [-0.15, -0.1) is 9.35 Å². The first-order valence-electron chi connectivity index (χ1n) is 13.7. The first kappa shape index (κ1) is 37.3. The molecule has 2 amide bonds. The highest BCUT2D eigenvalue weighted by Gasteiger charge is 2.95. The summed E-state index contributed by atoms with van der Waals surface area (Å²) in [6, 6.07) is 0. The number of halogens is 17. The van der Waals surface area contributed by atoms with Gasteiger partial charge in [-0.3, -0.25) is 9.59 Å². The van der Waals surface area contributed by atoms with Crippen LogP contribution in [0.5, 0.6) is 0 Å². The number of carbonyl (C=O) groups excluding carboxylic acids is 2. The van der Waals surface area contributed by atoms with E-state index < -0.39 is 99.7 Å². The molecule has 0 aromatic heterocycles. The Hall–Kier alpha value is -1.98. The summed E-state index contributed by atoms with van der Waals surface area (Å²) in [5.74, 6) is -57.1. The zero-order valence-electron chi connectivity index (χ0n) is 23.5. The zero-order chi connectivity index (χ0) is 36.9. The monoisotopic (exact) mass is 757 g/mol. The van der Waals surface area contributed by atoms with E-state index in [9.17, 15) is 88.4 Å². The standard InChI is InChI=1S/C24H20F17NO5S/c1-5-6(2)8-3-7(5)11-9-4-10(12(8)11)14-13(9)15(43)42(16(14)44)47-48(45)46-24(40,41)22(35,36)20(31,32)18(27,28)17(25,26)19(29,30)21(33,34)23(37,38)39/h5-14H,3-4H2,1-2H3. The van der Waals surface area contributed by atoms with Gasteiger partial charge in [0, 0.05) is 0 Å². The van der Waals surface area contributed by atoms with Gasteiger partial charge in [0.05, 0.1) is 11.8 Å². The fourth-order valence-corrected chi connectivity index (χ4v) is 9.31. The molecule has 1 saturated heterocycles. The van der Waals surface area contributed by atoms with Crippen molar-refractivity contribution in [3.63, 3.8) is 0 Å². The van der Waals surface area contributed by atoms with Crippen molar-refractivity contribution in [3.05, 3.63) is 0 Å². The second kappa shape index (κ2) is 10.3. The lowest BCUT2D eigenvalue weighted by molar-refractivity contribution is -0.471. The SMILES string of the molecule is CC1C(C)C2CC1C1C3CC(C4C(=O)N(OS(=O)OC(F)(F)C(F)(F)C(F)(F)C(F)(F)C(F)(F)C(F)(F)C(F)(F)C(F)(F)F)C(=O)C34)C21. The summed E-state index contributed by atoms with van der Waals surface area (Å²) in [6.45, 7) is 3.98. The third-order valence-corrected chi connectivity index (χ3v) is 11.6. The maximum atomic E-state index is 14.1. The molecule has 276 valence electrons. The number of imide groups is 1. The van der Waals surface area contributed by atoms with Crippen LogP contribution in [0.25, 0.3) is 0 Å². The molecule has 0 aromatic rings. The van der Waals surface area contributed by atoms with Gasteiger partial charge in [-0.25, -0.2) is 0 Å². The minimum atomic E-state index is -8.86. The van der Waals surface area contributed by atoms with Crippen molar-refractivity contribution in [3.8, 4) is 0 Å². The molecule has 4 aliphatic carbocycles. The van der Waals surface area contributed by atoms with Gasteiger partial charge >= 0.3 is 59.2 Å². The predicted molar refractivity (Wildman–Crippen MR) is 118 cm³/mol. The van der Waals surface area contributed by atoms with E-state index in [1.54, 1.807) is 0 Å². The molecule has 6 nitrogen and oxygen atoms in total. The molecule has 48 heavy (non-hydrogen) atoms. The summed E-state index contributed by atoms with van der Waals surface area (Å²) in [7, 11) is 0. The van der Waals surface area contributed by atoms with Crippen molar-refractivity contribution in [1.82, 2.24) is 5.06 Å². The number of carbonyl (C=O) groups is 2. The van der Waals surface area contributed by atoms with E-state index >= 15 is 0 Å². The molecule has 0 radical (unpaired) electrons. The van der Waals surface area contributed by atoms with Crippen molar-refractivity contribution >= 4 is 23.2 Å². The third kappa shape index (κ3) is 4.28. The van der Waals surface area contributed by atoms with Gasteiger partial charge in [-0.05, 0) is 60.2 Å². The molecule has 0 aromatic carbocycles. The second-order valence-electron chi connectivity index (χ2n) is 12.8. The molecule has 11 unspecified atom stereocenters. The van der Waals surface area contributed by atoms with Gasteiger partial charge in [0.1, 0.15) is 0 Å². The largest absolute Gasteiger partial charge is 0.460 e. The van der Waals surface area contributed by atoms with Crippen molar-refractivity contribution < 1.29 is 96.9 Å². The van der Waals surface area contributed by atoms with Crippen LogP contribution in [0.4, 0.5) is 74.6 Å². The van der Waals surface area contributed by atoms with Gasteiger partial charge in [-0.2, -0.15) is 83.0 Å². The lowest BCUT2D eigenvalue weighted by atomic mass is 9.60. The molecule has 0 N–H and O–H groups in total. The van der Waals surface area contributed by atoms with E-state index in [4.69, 9.17) is 0 Å². The molecule has 0 spiro atoms. The second-order valence-corrected chi connectivity index (χ2v) is 13.6. The number of nitrogens with zero attached hydrogens (tertiary/aromatic N) is 1. The molecule has 24 heteroatoms. The maximum absolute atomic E-state index is 14.1. The summed E-state index contributed by atoms with van der Waals surface area (Å²) in [5.41, 5.74) is 0. The highest BCUT2D eigenvalue weighted by atomic mass is 32.2. The quantitative estimate of drug-likeness (QED) is 0.138. The molecular weight excluding hydrogens is 737 g/mol. The number of alkyl halides is 17. The van der Waals surface area contributed by atoms with Crippen LogP contribution in [0.15, 0.2) is 0 Å². The number of fused-ring (bicyclic) bond motifs is 12. The van der Waals surface area contributed by atoms with Crippen LogP contribution in [0.3, 0.4) is 0 Å². The van der Waals surface area contributed by atoms with Crippen molar-refractivity contribution in [2.75, 3.05) is 0 Å². The van der Waals surface area contributed by atoms with Gasteiger partial charge in [0.15, 0.2) is 0 Å². The average Bonchev–Trinajstić information content (AvgIpc) is 3.71. The Morgan fingerprint density at radius 3 is 1.27 bits per heavy atom. The highest BCUT2D eigenvalue weighted by Crippen LogP contribution is 2.74. The fourth-order valence-electron chi connectivity index (χ4n) is 8.74. The highest BCUT2D eigenvalue weighted by molar-refractivity contribution is 7.75. The summed E-state index contributed by atoms with van der Waals surface area (Å²) >= 11 is -4.75. The summed E-state index contributed by atoms with van der Waals surface area (Å²) in [5, 5.41) is -0.477. The first-order valence-corrected chi connectivity index (χ1v) is 14.7. The number of hydrogen-bond donors (Lipinski definition) is 0. The molecule has 5 aliphatic rings. The van der Waals surface area contributed by atoms with Crippen LogP contribution in [0.1, 0.15) is 26.7 Å². The fraction of sp³-hybridized carbons (Fsp3) is 0.917. The lowest BCUT2D eigenvalue weighted by Crippen LogP contribution is -2.74. The van der Waals surface area contributed by atoms with E-state index in [0.29, 0.717) is 6.42 Å². The molecule has 1 aliphatic heterocycles. The topological polar surface area (TPSA) is 72.9 Å². The third-order valence-electron chi connectivity index (χ3n) is 11.0. The number of rotatable bonds is 10. The molecule has 1 heterocycles. The Bertz CT molecular complexity index is 1360.